The van der Waals surface area contributed by atoms with Crippen molar-refractivity contribution in [1.29, 1.82) is 0 Å². The van der Waals surface area contributed by atoms with Crippen molar-refractivity contribution in [2.45, 2.75) is 26.7 Å². The van der Waals surface area contributed by atoms with E-state index in [9.17, 15) is 9.59 Å². The van der Waals surface area contributed by atoms with Crippen LogP contribution in [0.2, 0.25) is 0 Å². The standard InChI is InChI=1S/C16H16N2O4/c1-8-4-6-11(7-5-8)14(12-9(2)17-21-15(12)19)13-10(3)18-22-16(13)20/h4-7,14,17-18H,1-3H3. The molecule has 22 heavy (non-hydrogen) atoms. The van der Waals surface area contributed by atoms with Crippen LogP contribution in [-0.4, -0.2) is 10.3 Å². The van der Waals surface area contributed by atoms with Crippen LogP contribution < -0.4 is 11.3 Å². The monoisotopic (exact) mass is 300 g/mol. The minimum absolute atomic E-state index is 0.416. The number of hydrogen-bond donors (Lipinski definition) is 2. The third-order valence-electron chi connectivity index (χ3n) is 3.83. The molecule has 114 valence electrons. The van der Waals surface area contributed by atoms with Crippen LogP contribution in [0.25, 0.3) is 0 Å². The molecule has 2 heterocycles. The number of nitrogens with one attached hydrogen (secondary N) is 2. The Morgan fingerprint density at radius 2 is 1.27 bits per heavy atom. The molecule has 6 heteroatoms. The lowest BCUT2D eigenvalue weighted by Gasteiger charge is -2.14. The highest BCUT2D eigenvalue weighted by Crippen LogP contribution is 2.31. The second-order valence-corrected chi connectivity index (χ2v) is 5.40. The van der Waals surface area contributed by atoms with Gasteiger partial charge in [-0.15, -0.1) is 0 Å². The van der Waals surface area contributed by atoms with Crippen LogP contribution in [-0.2, 0) is 0 Å². The maximum atomic E-state index is 12.1. The number of rotatable bonds is 3. The number of aromatic nitrogens is 2. The SMILES string of the molecule is Cc1ccc(C(c2c(C)[nH]oc2=O)c2c(C)[nH]oc2=O)cc1. The Bertz CT molecular complexity index is 855. The summed E-state index contributed by atoms with van der Waals surface area (Å²) in [5.41, 5.74) is 2.98. The fourth-order valence-corrected chi connectivity index (χ4v) is 2.68. The molecule has 6 nitrogen and oxygen atoms in total. The molecule has 3 rings (SSSR count). The van der Waals surface area contributed by atoms with Crippen LogP contribution >= 0.6 is 0 Å². The second-order valence-electron chi connectivity index (χ2n) is 5.40. The van der Waals surface area contributed by atoms with E-state index in [2.05, 4.69) is 10.3 Å². The quantitative estimate of drug-likeness (QED) is 0.776. The number of aryl methyl sites for hydroxylation is 3. The molecule has 0 aliphatic carbocycles. The average molecular weight is 300 g/mol. The van der Waals surface area contributed by atoms with Crippen molar-refractivity contribution in [3.8, 4) is 0 Å². The molecule has 0 saturated carbocycles. The first-order valence-electron chi connectivity index (χ1n) is 6.91. The Morgan fingerprint density at radius 1 is 0.818 bits per heavy atom. The van der Waals surface area contributed by atoms with Crippen LogP contribution in [0, 0.1) is 20.8 Å². The van der Waals surface area contributed by atoms with Crippen molar-refractivity contribution in [2.75, 3.05) is 0 Å². The summed E-state index contributed by atoms with van der Waals surface area (Å²) < 4.78 is 9.75. The third-order valence-corrected chi connectivity index (χ3v) is 3.83. The molecule has 0 spiro atoms. The number of aromatic amines is 2. The van der Waals surface area contributed by atoms with Crippen LogP contribution in [0.3, 0.4) is 0 Å². The van der Waals surface area contributed by atoms with Crippen LogP contribution in [0.4, 0.5) is 0 Å². The van der Waals surface area contributed by atoms with E-state index in [1.807, 2.05) is 31.2 Å². The van der Waals surface area contributed by atoms with Gasteiger partial charge in [0.05, 0.1) is 28.4 Å². The Hall–Kier alpha value is -2.76. The van der Waals surface area contributed by atoms with E-state index in [1.54, 1.807) is 13.8 Å². The van der Waals surface area contributed by atoms with Crippen molar-refractivity contribution < 1.29 is 9.05 Å². The van der Waals surface area contributed by atoms with E-state index in [0.29, 0.717) is 22.5 Å². The summed E-state index contributed by atoms with van der Waals surface area (Å²) in [4.78, 5) is 24.2. The van der Waals surface area contributed by atoms with Gasteiger partial charge < -0.3 is 9.05 Å². The first kappa shape index (κ1) is 14.2. The summed E-state index contributed by atoms with van der Waals surface area (Å²) in [6, 6.07) is 7.68. The summed E-state index contributed by atoms with van der Waals surface area (Å²) in [5.74, 6) is -0.536. The van der Waals surface area contributed by atoms with E-state index in [4.69, 9.17) is 9.05 Å². The van der Waals surface area contributed by atoms with E-state index in [0.717, 1.165) is 11.1 Å². The topological polar surface area (TPSA) is 92.0 Å². The van der Waals surface area contributed by atoms with Gasteiger partial charge in [0.15, 0.2) is 0 Å². The Morgan fingerprint density at radius 3 is 1.64 bits per heavy atom. The van der Waals surface area contributed by atoms with E-state index in [-0.39, 0.29) is 0 Å². The van der Waals surface area contributed by atoms with Crippen molar-refractivity contribution in [1.82, 2.24) is 10.3 Å². The Kier molecular flexibility index (Phi) is 3.36. The molecule has 2 N–H and O–H groups in total. The zero-order valence-electron chi connectivity index (χ0n) is 12.5. The normalized spacial score (nSPS) is 11.3. The van der Waals surface area contributed by atoms with Gasteiger partial charge in [-0.1, -0.05) is 29.8 Å². The van der Waals surface area contributed by atoms with Crippen molar-refractivity contribution in [2.24, 2.45) is 0 Å². The van der Waals surface area contributed by atoms with Crippen LogP contribution in [0.1, 0.15) is 39.6 Å². The van der Waals surface area contributed by atoms with Gasteiger partial charge in [-0.2, -0.15) is 0 Å². The molecule has 0 aliphatic rings. The summed E-state index contributed by atoms with van der Waals surface area (Å²) in [7, 11) is 0. The van der Waals surface area contributed by atoms with Gasteiger partial charge in [-0.3, -0.25) is 0 Å². The highest BCUT2D eigenvalue weighted by Gasteiger charge is 2.29. The van der Waals surface area contributed by atoms with Crippen molar-refractivity contribution in [3.05, 3.63) is 78.7 Å². The lowest BCUT2D eigenvalue weighted by molar-refractivity contribution is 0.384. The molecule has 2 aromatic heterocycles. The predicted molar refractivity (Wildman–Crippen MR) is 80.3 cm³/mol. The van der Waals surface area contributed by atoms with Crippen molar-refractivity contribution in [3.63, 3.8) is 0 Å². The minimum Gasteiger partial charge on any atom is -0.339 e. The van der Waals surface area contributed by atoms with Crippen LogP contribution in [0.5, 0.6) is 0 Å². The van der Waals surface area contributed by atoms with E-state index < -0.39 is 17.2 Å². The number of H-pyrrole nitrogens is 2. The minimum atomic E-state index is -0.536. The lowest BCUT2D eigenvalue weighted by Crippen LogP contribution is -2.18. The predicted octanol–water partition coefficient (Wildman–Crippen LogP) is 2.35. The lowest BCUT2D eigenvalue weighted by atomic mass is 9.85. The molecule has 0 saturated heterocycles. The summed E-state index contributed by atoms with van der Waals surface area (Å²) in [6.45, 7) is 5.46. The summed E-state index contributed by atoms with van der Waals surface area (Å²) >= 11 is 0. The molecular weight excluding hydrogens is 284 g/mol. The number of benzene rings is 1. The molecular formula is C16H16N2O4. The smallest absolute Gasteiger partial charge is 0.339 e. The summed E-state index contributed by atoms with van der Waals surface area (Å²) in [5, 5.41) is 5.14. The van der Waals surface area contributed by atoms with Gasteiger partial charge in [0, 0.05) is 0 Å². The van der Waals surface area contributed by atoms with E-state index >= 15 is 0 Å². The molecule has 1 aromatic carbocycles. The molecule has 0 unspecified atom stereocenters. The Balaban J connectivity index is 2.30. The van der Waals surface area contributed by atoms with Gasteiger partial charge in [-0.05, 0) is 26.3 Å². The molecule has 0 atom stereocenters. The molecule has 0 radical (unpaired) electrons. The van der Waals surface area contributed by atoms with E-state index in [1.165, 1.54) is 0 Å². The van der Waals surface area contributed by atoms with Gasteiger partial charge in [-0.25, -0.2) is 19.9 Å². The second kappa shape index (κ2) is 5.22. The molecule has 0 fully saturated rings. The fourth-order valence-electron chi connectivity index (χ4n) is 2.68. The molecule has 3 aromatic rings. The van der Waals surface area contributed by atoms with Gasteiger partial charge in [0.1, 0.15) is 0 Å². The third kappa shape index (κ3) is 2.22. The van der Waals surface area contributed by atoms with Gasteiger partial charge in [0.2, 0.25) is 0 Å². The molecule has 0 aliphatic heterocycles. The van der Waals surface area contributed by atoms with Crippen LogP contribution in [0.15, 0.2) is 42.9 Å². The zero-order valence-corrected chi connectivity index (χ0v) is 12.5. The summed E-state index contributed by atoms with van der Waals surface area (Å²) in [6.07, 6.45) is 0. The molecule has 0 amide bonds. The maximum absolute atomic E-state index is 12.1. The van der Waals surface area contributed by atoms with Gasteiger partial charge >= 0.3 is 11.3 Å². The molecule has 0 bridgehead atoms. The average Bonchev–Trinajstić information content (AvgIpc) is 2.99. The fraction of sp³-hybridized carbons (Fsp3) is 0.250. The van der Waals surface area contributed by atoms with Gasteiger partial charge in [0.25, 0.3) is 0 Å². The maximum Gasteiger partial charge on any atom is 0.361 e. The zero-order chi connectivity index (χ0) is 15.9. The first-order valence-corrected chi connectivity index (χ1v) is 6.91. The largest absolute Gasteiger partial charge is 0.361 e. The highest BCUT2D eigenvalue weighted by atomic mass is 16.5. The number of hydrogen-bond acceptors (Lipinski definition) is 4. The Labute approximate surface area is 125 Å². The highest BCUT2D eigenvalue weighted by molar-refractivity contribution is 5.44. The first-order chi connectivity index (χ1) is 10.5. The van der Waals surface area contributed by atoms with Crippen molar-refractivity contribution >= 4 is 0 Å².